The first-order chi connectivity index (χ1) is 30.0. The Bertz CT molecular complexity index is 1460. The van der Waals surface area contributed by atoms with Crippen LogP contribution in [0.5, 0.6) is 0 Å². The van der Waals surface area contributed by atoms with Gasteiger partial charge in [0.1, 0.15) is 36.8 Å². The van der Waals surface area contributed by atoms with E-state index in [0.717, 1.165) is 64.2 Å². The van der Waals surface area contributed by atoms with Gasteiger partial charge in [-0.05, 0) is 64.2 Å². The number of hydrogen-bond acceptors (Lipinski definition) is 11. The summed E-state index contributed by atoms with van der Waals surface area (Å²) in [5.74, 6) is -2.30. The molecule has 1 aliphatic heterocycles. The SMILES string of the molecule is CC/C=C/C/C=C/C/C=C/C/C=C/C/C=C/CCCCCC(=O)O[C@H](COC(=O)/C=C/C=C/CCCCCCCCCCCCC)CO[C@H]1O[C@H](CS(=O)(=O)O)[C@@H](O)C(O)C1O. The molecule has 1 fully saturated rings. The van der Waals surface area contributed by atoms with E-state index < -0.39 is 77.8 Å². The molecule has 0 aromatic carbocycles. The molecule has 4 N–H and O–H groups in total. The zero-order chi connectivity index (χ0) is 45.5. The summed E-state index contributed by atoms with van der Waals surface area (Å²) in [6, 6.07) is 0. The second-order valence-electron chi connectivity index (χ2n) is 15.8. The van der Waals surface area contributed by atoms with Crippen LogP contribution in [-0.4, -0.2) is 96.0 Å². The molecule has 2 unspecified atom stereocenters. The normalized spacial score (nSPS) is 20.6. The predicted octanol–water partition coefficient (Wildman–Crippen LogP) is 9.67. The van der Waals surface area contributed by atoms with Crippen molar-refractivity contribution in [2.45, 2.75) is 192 Å². The highest BCUT2D eigenvalue weighted by molar-refractivity contribution is 7.85. The largest absolute Gasteiger partial charge is 0.458 e. The zero-order valence-corrected chi connectivity index (χ0v) is 38.5. The minimum absolute atomic E-state index is 0.101. The van der Waals surface area contributed by atoms with E-state index in [4.69, 9.17) is 18.9 Å². The van der Waals surface area contributed by atoms with Gasteiger partial charge in [0.25, 0.3) is 10.1 Å². The molecule has 1 heterocycles. The van der Waals surface area contributed by atoms with Gasteiger partial charge in [-0.1, -0.05) is 163 Å². The van der Waals surface area contributed by atoms with Crippen molar-refractivity contribution in [3.8, 4) is 0 Å². The summed E-state index contributed by atoms with van der Waals surface area (Å²) in [5, 5.41) is 30.9. The van der Waals surface area contributed by atoms with Crippen LogP contribution in [-0.2, 0) is 38.7 Å². The first kappa shape index (κ1) is 56.8. The van der Waals surface area contributed by atoms with E-state index in [9.17, 15) is 37.9 Å². The number of unbranched alkanes of at least 4 members (excludes halogenated alkanes) is 14. The lowest BCUT2D eigenvalue weighted by atomic mass is 10.00. The maximum absolute atomic E-state index is 12.8. The van der Waals surface area contributed by atoms with Crippen LogP contribution in [0.4, 0.5) is 0 Å². The molecule has 354 valence electrons. The Kier molecular flexibility index (Phi) is 35.1. The molecule has 1 rings (SSSR count). The summed E-state index contributed by atoms with van der Waals surface area (Å²) >= 11 is 0. The highest BCUT2D eigenvalue weighted by Gasteiger charge is 2.46. The average molecular weight is 893 g/mol. The molecular weight excluding hydrogens is 813 g/mol. The number of aliphatic hydroxyl groups is 3. The first-order valence-electron chi connectivity index (χ1n) is 23.2. The number of rotatable bonds is 37. The highest BCUT2D eigenvalue weighted by atomic mass is 32.2. The molecule has 0 saturated carbocycles. The molecule has 6 atom stereocenters. The summed E-state index contributed by atoms with van der Waals surface area (Å²) in [6.45, 7) is 3.50. The number of aliphatic hydroxyl groups excluding tert-OH is 3. The van der Waals surface area contributed by atoms with Gasteiger partial charge in [-0.15, -0.1) is 0 Å². The standard InChI is InChI=1S/C49H80O12S/c1-3-5-7-9-11-13-15-17-19-20-21-22-24-26-28-30-32-34-36-38-45(51)60-42(40-59-49-48(54)47(53)46(52)43(61-49)41-62(55,56)57)39-58-44(50)37-35-33-31-29-27-25-23-18-16-14-12-10-8-6-4-2/h5,7,11,13,17,19,21-22,26,28,31,33,35,37,42-43,46-49,52-54H,3-4,6,8-10,12,14-16,18,20,23-25,27,29-30,32,34,36,38-41H2,1-2H3,(H,55,56,57)/b7-5+,13-11+,19-17+,22-21+,28-26+,33-31+,37-35+/t42-,43-,46-,47?,48?,49+/m1/s1. The Labute approximate surface area is 373 Å². The molecule has 13 heteroatoms. The van der Waals surface area contributed by atoms with Gasteiger partial charge < -0.3 is 34.3 Å². The van der Waals surface area contributed by atoms with E-state index >= 15 is 0 Å². The number of esters is 2. The van der Waals surface area contributed by atoms with Crippen molar-refractivity contribution < 1.29 is 56.8 Å². The average Bonchev–Trinajstić information content (AvgIpc) is 3.24. The Morgan fingerprint density at radius 2 is 1.13 bits per heavy atom. The number of carbonyl (C=O) groups is 2. The van der Waals surface area contributed by atoms with Crippen LogP contribution in [0.1, 0.15) is 155 Å². The predicted molar refractivity (Wildman–Crippen MR) is 247 cm³/mol. The molecule has 0 radical (unpaired) electrons. The van der Waals surface area contributed by atoms with E-state index in [1.54, 1.807) is 12.2 Å². The van der Waals surface area contributed by atoms with Crippen LogP contribution in [0.3, 0.4) is 0 Å². The molecular formula is C49H80O12S. The summed E-state index contributed by atoms with van der Waals surface area (Å²) in [7, 11) is -4.62. The van der Waals surface area contributed by atoms with E-state index in [-0.39, 0.29) is 6.42 Å². The van der Waals surface area contributed by atoms with E-state index in [1.807, 2.05) is 6.08 Å². The number of hydrogen-bond donors (Lipinski definition) is 4. The van der Waals surface area contributed by atoms with Crippen molar-refractivity contribution in [1.29, 1.82) is 0 Å². The van der Waals surface area contributed by atoms with Crippen LogP contribution >= 0.6 is 0 Å². The monoisotopic (exact) mass is 893 g/mol. The van der Waals surface area contributed by atoms with Gasteiger partial charge in [0.15, 0.2) is 12.4 Å². The van der Waals surface area contributed by atoms with Gasteiger partial charge in [-0.25, -0.2) is 4.79 Å². The third kappa shape index (κ3) is 32.5. The molecule has 0 spiro atoms. The minimum Gasteiger partial charge on any atom is -0.458 e. The van der Waals surface area contributed by atoms with Crippen molar-refractivity contribution in [2.75, 3.05) is 19.0 Å². The van der Waals surface area contributed by atoms with Gasteiger partial charge in [0, 0.05) is 12.5 Å². The second kappa shape index (κ2) is 38.3. The topological polar surface area (TPSA) is 186 Å². The smallest absolute Gasteiger partial charge is 0.330 e. The molecule has 0 amide bonds. The minimum atomic E-state index is -4.62. The number of carbonyl (C=O) groups excluding carboxylic acids is 2. The molecule has 0 aromatic heterocycles. The third-order valence-corrected chi connectivity index (χ3v) is 10.8. The Hall–Kier alpha value is -3.17. The molecule has 0 bridgehead atoms. The lowest BCUT2D eigenvalue weighted by molar-refractivity contribution is -0.297. The van der Waals surface area contributed by atoms with Crippen LogP contribution in [0.15, 0.2) is 85.1 Å². The Balaban J connectivity index is 2.52. The quantitative estimate of drug-likeness (QED) is 0.0116. The Morgan fingerprint density at radius 1 is 0.613 bits per heavy atom. The van der Waals surface area contributed by atoms with Crippen molar-refractivity contribution >= 4 is 22.1 Å². The van der Waals surface area contributed by atoms with Crippen LogP contribution in [0.2, 0.25) is 0 Å². The molecule has 12 nitrogen and oxygen atoms in total. The van der Waals surface area contributed by atoms with Gasteiger partial charge in [-0.3, -0.25) is 9.35 Å². The number of ether oxygens (including phenoxy) is 4. The maximum Gasteiger partial charge on any atom is 0.330 e. The Morgan fingerprint density at radius 3 is 1.69 bits per heavy atom. The van der Waals surface area contributed by atoms with Crippen LogP contribution in [0, 0.1) is 0 Å². The van der Waals surface area contributed by atoms with Crippen molar-refractivity contribution in [3.63, 3.8) is 0 Å². The van der Waals surface area contributed by atoms with Crippen molar-refractivity contribution in [2.24, 2.45) is 0 Å². The molecule has 62 heavy (non-hydrogen) atoms. The summed E-state index contributed by atoms with van der Waals surface area (Å²) in [4.78, 5) is 25.3. The lowest BCUT2D eigenvalue weighted by Crippen LogP contribution is -2.60. The van der Waals surface area contributed by atoms with Gasteiger partial charge in [-0.2, -0.15) is 8.42 Å². The molecule has 0 aliphatic carbocycles. The van der Waals surface area contributed by atoms with E-state index in [0.29, 0.717) is 6.42 Å². The maximum atomic E-state index is 12.8. The van der Waals surface area contributed by atoms with Gasteiger partial charge in [0.05, 0.1) is 6.61 Å². The third-order valence-electron chi connectivity index (χ3n) is 10.1. The van der Waals surface area contributed by atoms with Gasteiger partial charge in [0.2, 0.25) is 0 Å². The zero-order valence-electron chi connectivity index (χ0n) is 37.7. The summed E-state index contributed by atoms with van der Waals surface area (Å²) in [6.07, 6.45) is 41.1. The summed E-state index contributed by atoms with van der Waals surface area (Å²) in [5.41, 5.74) is 0. The van der Waals surface area contributed by atoms with Gasteiger partial charge >= 0.3 is 11.9 Å². The molecule has 1 aliphatic rings. The summed E-state index contributed by atoms with van der Waals surface area (Å²) < 4.78 is 53.9. The lowest BCUT2D eigenvalue weighted by Gasteiger charge is -2.40. The highest BCUT2D eigenvalue weighted by Crippen LogP contribution is 2.24. The van der Waals surface area contributed by atoms with Crippen LogP contribution < -0.4 is 0 Å². The molecule has 0 aromatic rings. The number of allylic oxidation sites excluding steroid dienone is 13. The van der Waals surface area contributed by atoms with E-state index in [2.05, 4.69) is 74.6 Å². The van der Waals surface area contributed by atoms with E-state index in [1.165, 1.54) is 70.3 Å². The fraction of sp³-hybridized carbons (Fsp3) is 0.673. The van der Waals surface area contributed by atoms with Crippen molar-refractivity contribution in [1.82, 2.24) is 0 Å². The van der Waals surface area contributed by atoms with Crippen molar-refractivity contribution in [3.05, 3.63) is 85.1 Å². The molecule has 1 saturated heterocycles. The second-order valence-corrected chi connectivity index (χ2v) is 17.3. The first-order valence-corrected chi connectivity index (χ1v) is 24.8. The fourth-order valence-corrected chi connectivity index (χ4v) is 7.19. The van der Waals surface area contributed by atoms with Crippen LogP contribution in [0.25, 0.3) is 0 Å². The fourth-order valence-electron chi connectivity index (χ4n) is 6.50.